The molecule has 0 amide bonds. The van der Waals surface area contributed by atoms with Crippen LogP contribution in [0.15, 0.2) is 0 Å². The molecular formula is C20H30O3. The molecule has 128 valence electrons. The van der Waals surface area contributed by atoms with Crippen molar-refractivity contribution in [2.24, 2.45) is 45.3 Å². The van der Waals surface area contributed by atoms with Gasteiger partial charge < -0.3 is 10.2 Å². The topological polar surface area (TPSA) is 57.5 Å². The minimum Gasteiger partial charge on any atom is -0.481 e. The normalized spacial score (nSPS) is 65.7. The minimum atomic E-state index is -0.594. The molecule has 3 nitrogen and oxygen atoms in total. The second-order valence-electron chi connectivity index (χ2n) is 10.4. The number of fused-ring (bicyclic) bond motifs is 1. The quantitative estimate of drug-likeness (QED) is 0.775. The Morgan fingerprint density at radius 2 is 1.78 bits per heavy atom. The van der Waals surface area contributed by atoms with Gasteiger partial charge in [0.15, 0.2) is 0 Å². The summed E-state index contributed by atoms with van der Waals surface area (Å²) in [4.78, 5) is 12.1. The Labute approximate surface area is 138 Å². The summed E-state index contributed by atoms with van der Waals surface area (Å²) >= 11 is 0. The van der Waals surface area contributed by atoms with Crippen LogP contribution in [0.5, 0.6) is 0 Å². The molecule has 6 rings (SSSR count). The molecule has 0 aliphatic heterocycles. The number of hydrogen-bond acceptors (Lipinski definition) is 2. The first-order chi connectivity index (χ1) is 10.7. The smallest absolute Gasteiger partial charge is 0.309 e. The summed E-state index contributed by atoms with van der Waals surface area (Å²) in [6.07, 6.45) is 7.40. The predicted molar refractivity (Wildman–Crippen MR) is 86.7 cm³/mol. The first-order valence-corrected chi connectivity index (χ1v) is 9.63. The van der Waals surface area contributed by atoms with Gasteiger partial charge in [0.05, 0.1) is 11.5 Å². The lowest BCUT2D eigenvalue weighted by Crippen LogP contribution is -2.62. The average Bonchev–Trinajstić information content (AvgIpc) is 3.03. The Bertz CT molecular complexity index is 602. The lowest BCUT2D eigenvalue weighted by atomic mass is 9.39. The van der Waals surface area contributed by atoms with E-state index in [9.17, 15) is 15.0 Å². The van der Waals surface area contributed by atoms with Gasteiger partial charge in [-0.15, -0.1) is 0 Å². The summed E-state index contributed by atoms with van der Waals surface area (Å²) in [5.41, 5.74) is -0.146. The zero-order valence-corrected chi connectivity index (χ0v) is 14.6. The molecule has 23 heavy (non-hydrogen) atoms. The highest BCUT2D eigenvalue weighted by Crippen LogP contribution is 2.85. The van der Waals surface area contributed by atoms with Gasteiger partial charge in [-0.05, 0) is 74.5 Å². The maximum Gasteiger partial charge on any atom is 0.309 e. The van der Waals surface area contributed by atoms with Crippen LogP contribution in [-0.2, 0) is 4.79 Å². The van der Waals surface area contributed by atoms with Crippen LogP contribution >= 0.6 is 0 Å². The zero-order chi connectivity index (χ0) is 16.4. The predicted octanol–water partition coefficient (Wildman–Crippen LogP) is 3.70. The third-order valence-corrected chi connectivity index (χ3v) is 10.1. The van der Waals surface area contributed by atoms with Crippen LogP contribution in [0.1, 0.15) is 65.7 Å². The summed E-state index contributed by atoms with van der Waals surface area (Å²) in [5, 5.41) is 21.1. The Balaban J connectivity index is 1.58. The number of aliphatic hydroxyl groups is 1. The molecule has 1 spiro atoms. The Morgan fingerprint density at radius 1 is 1.04 bits per heavy atom. The maximum absolute atomic E-state index is 12.1. The third kappa shape index (κ3) is 1.32. The van der Waals surface area contributed by atoms with Gasteiger partial charge >= 0.3 is 5.97 Å². The summed E-state index contributed by atoms with van der Waals surface area (Å²) in [5.74, 6) is 1.69. The van der Waals surface area contributed by atoms with E-state index in [0.29, 0.717) is 11.8 Å². The molecule has 3 heteroatoms. The molecule has 9 atom stereocenters. The van der Waals surface area contributed by atoms with Crippen LogP contribution in [0.4, 0.5) is 0 Å². The third-order valence-electron chi connectivity index (χ3n) is 10.1. The fourth-order valence-corrected chi connectivity index (χ4v) is 8.86. The standard InChI is InChI=1S/C20H30O3/c1-17-6-4-7-18(2,16(22)23)13(17)5-8-20-10-12-11(9-14(17)20)19(12,3)15(20)21/h11-15,21H,4-10H2,1-3H3,(H,22,23)/t11-,12+,13+,14+,15+,17-,18-,19-,20-/m1/s1. The fourth-order valence-electron chi connectivity index (χ4n) is 8.86. The van der Waals surface area contributed by atoms with E-state index in [1.807, 2.05) is 6.92 Å². The molecule has 0 aromatic heterocycles. The number of carbonyl (C=O) groups is 1. The minimum absolute atomic E-state index is 0.107. The van der Waals surface area contributed by atoms with Gasteiger partial charge in [-0.2, -0.15) is 0 Å². The van der Waals surface area contributed by atoms with Gasteiger partial charge in [-0.25, -0.2) is 0 Å². The number of carboxylic acids is 1. The van der Waals surface area contributed by atoms with Crippen molar-refractivity contribution in [2.45, 2.75) is 71.8 Å². The van der Waals surface area contributed by atoms with Crippen molar-refractivity contribution in [1.29, 1.82) is 0 Å². The van der Waals surface area contributed by atoms with Crippen molar-refractivity contribution in [3.63, 3.8) is 0 Å². The Hall–Kier alpha value is -0.570. The molecule has 6 fully saturated rings. The molecule has 0 saturated heterocycles. The Morgan fingerprint density at radius 3 is 2.39 bits per heavy atom. The molecule has 4 bridgehead atoms. The number of hydrogen-bond donors (Lipinski definition) is 2. The van der Waals surface area contributed by atoms with Gasteiger partial charge in [0.25, 0.3) is 0 Å². The molecule has 0 heterocycles. The highest BCUT2D eigenvalue weighted by atomic mass is 16.4. The first kappa shape index (κ1) is 14.7. The van der Waals surface area contributed by atoms with Gasteiger partial charge in [0.2, 0.25) is 0 Å². The van der Waals surface area contributed by atoms with E-state index < -0.39 is 11.4 Å². The van der Waals surface area contributed by atoms with E-state index in [2.05, 4.69) is 13.8 Å². The van der Waals surface area contributed by atoms with E-state index in [1.165, 1.54) is 12.8 Å². The van der Waals surface area contributed by atoms with Crippen molar-refractivity contribution in [3.8, 4) is 0 Å². The number of aliphatic hydroxyl groups excluding tert-OH is 1. The van der Waals surface area contributed by atoms with Gasteiger partial charge in [0, 0.05) is 10.8 Å². The zero-order valence-electron chi connectivity index (χ0n) is 14.6. The largest absolute Gasteiger partial charge is 0.481 e. The lowest BCUT2D eigenvalue weighted by Gasteiger charge is -2.65. The van der Waals surface area contributed by atoms with Crippen LogP contribution in [-0.4, -0.2) is 22.3 Å². The lowest BCUT2D eigenvalue weighted by molar-refractivity contribution is -0.209. The van der Waals surface area contributed by atoms with Crippen molar-refractivity contribution in [2.75, 3.05) is 0 Å². The van der Waals surface area contributed by atoms with E-state index in [1.54, 1.807) is 0 Å². The fraction of sp³-hybridized carbons (Fsp3) is 0.950. The second kappa shape index (κ2) is 3.81. The van der Waals surface area contributed by atoms with Crippen LogP contribution in [0, 0.1) is 45.3 Å². The van der Waals surface area contributed by atoms with E-state index in [4.69, 9.17) is 0 Å². The van der Waals surface area contributed by atoms with Crippen LogP contribution in [0.2, 0.25) is 0 Å². The van der Waals surface area contributed by atoms with Crippen LogP contribution < -0.4 is 0 Å². The second-order valence-corrected chi connectivity index (χ2v) is 10.4. The van der Waals surface area contributed by atoms with Crippen molar-refractivity contribution < 1.29 is 15.0 Å². The summed E-state index contributed by atoms with van der Waals surface area (Å²) < 4.78 is 0. The van der Waals surface area contributed by atoms with Crippen LogP contribution in [0.25, 0.3) is 0 Å². The summed E-state index contributed by atoms with van der Waals surface area (Å²) in [6.45, 7) is 6.70. The van der Waals surface area contributed by atoms with E-state index >= 15 is 0 Å². The van der Waals surface area contributed by atoms with Crippen molar-refractivity contribution >= 4 is 5.97 Å². The Kier molecular flexibility index (Phi) is 2.45. The van der Waals surface area contributed by atoms with Crippen LogP contribution in [0.3, 0.4) is 0 Å². The van der Waals surface area contributed by atoms with Gasteiger partial charge in [-0.1, -0.05) is 20.3 Å². The molecular weight excluding hydrogens is 288 g/mol. The monoisotopic (exact) mass is 318 g/mol. The number of rotatable bonds is 1. The SMILES string of the molecule is C[C@@]12CCC[C@@](C)(C(=O)O)[C@H]1CC[C@@]13C[C@H]4[C@@H](C[C@@H]21)[C@@]4(C)[C@@H]3O. The van der Waals surface area contributed by atoms with E-state index in [0.717, 1.165) is 38.0 Å². The van der Waals surface area contributed by atoms with Crippen molar-refractivity contribution in [1.82, 2.24) is 0 Å². The molecule has 0 unspecified atom stereocenters. The highest BCUT2D eigenvalue weighted by molar-refractivity contribution is 5.75. The number of aliphatic carboxylic acids is 1. The first-order valence-electron chi connectivity index (χ1n) is 9.63. The highest BCUT2D eigenvalue weighted by Gasteiger charge is 2.82. The molecule has 0 aromatic carbocycles. The molecule has 6 aliphatic carbocycles. The van der Waals surface area contributed by atoms with Crippen molar-refractivity contribution in [3.05, 3.63) is 0 Å². The van der Waals surface area contributed by atoms with E-state index in [-0.39, 0.29) is 28.3 Å². The molecule has 2 N–H and O–H groups in total. The summed E-state index contributed by atoms with van der Waals surface area (Å²) in [7, 11) is 0. The van der Waals surface area contributed by atoms with Gasteiger partial charge in [0.1, 0.15) is 0 Å². The molecule has 6 aliphatic rings. The summed E-state index contributed by atoms with van der Waals surface area (Å²) in [6, 6.07) is 0. The maximum atomic E-state index is 12.1. The molecule has 6 saturated carbocycles. The molecule has 0 aromatic rings. The number of carboxylic acid groups (broad SMARTS) is 1. The molecule has 0 radical (unpaired) electrons. The van der Waals surface area contributed by atoms with Gasteiger partial charge in [-0.3, -0.25) is 4.79 Å². The average molecular weight is 318 g/mol.